The Hall–Kier alpha value is -3.59. The molecular weight excluding hydrogens is 489 g/mol. The molecule has 0 saturated carbocycles. The zero-order valence-corrected chi connectivity index (χ0v) is 22.8. The van der Waals surface area contributed by atoms with Crippen LogP contribution in [-0.4, -0.2) is 66.0 Å². The molecule has 3 aromatic rings. The quantitative estimate of drug-likeness (QED) is 0.461. The monoisotopic (exact) mass is 523 g/mol. The number of aromatic nitrogens is 2. The number of nitrogens with zero attached hydrogens (tertiary/aromatic N) is 3. The van der Waals surface area contributed by atoms with Gasteiger partial charge in [0, 0.05) is 18.2 Å². The summed E-state index contributed by atoms with van der Waals surface area (Å²) in [7, 11) is 3.04. The van der Waals surface area contributed by atoms with E-state index in [1.807, 2.05) is 49.3 Å². The van der Waals surface area contributed by atoms with E-state index in [1.165, 1.54) is 13.2 Å². The minimum Gasteiger partial charge on any atom is -0.494 e. The standard InChI is InChI=1S/C29H34FN3O5/c1-17(2)38-25-15-22-18(14-24(25)36-6)7-9-21-26(28(34)32-11-12-37-16-29(32,3)4)31-27(33(21)22)19-8-10-23(35-5)20(30)13-19/h8,10,13-15,17H,7,9,11-12,16H2,1-6H3. The lowest BCUT2D eigenvalue weighted by Crippen LogP contribution is -2.55. The van der Waals surface area contributed by atoms with Gasteiger partial charge in [-0.15, -0.1) is 0 Å². The lowest BCUT2D eigenvalue weighted by molar-refractivity contribution is -0.0373. The Balaban J connectivity index is 1.72. The molecule has 5 rings (SSSR count). The number of morpholine rings is 1. The maximum atomic E-state index is 14.8. The van der Waals surface area contributed by atoms with Crippen LogP contribution in [-0.2, 0) is 17.6 Å². The van der Waals surface area contributed by atoms with Gasteiger partial charge in [0.15, 0.2) is 28.8 Å². The second kappa shape index (κ2) is 9.94. The first kappa shape index (κ1) is 26.0. The number of amides is 1. The zero-order chi connectivity index (χ0) is 27.2. The van der Waals surface area contributed by atoms with Crippen molar-refractivity contribution in [2.45, 2.75) is 52.2 Å². The van der Waals surface area contributed by atoms with Crippen molar-refractivity contribution in [3.63, 3.8) is 0 Å². The normalized spacial score (nSPS) is 16.2. The summed E-state index contributed by atoms with van der Waals surface area (Å²) in [4.78, 5) is 20.7. The molecule has 1 saturated heterocycles. The summed E-state index contributed by atoms with van der Waals surface area (Å²) >= 11 is 0. The van der Waals surface area contributed by atoms with Crippen LogP contribution in [0.5, 0.6) is 17.2 Å². The Morgan fingerprint density at radius 3 is 2.50 bits per heavy atom. The number of hydrogen-bond acceptors (Lipinski definition) is 6. The van der Waals surface area contributed by atoms with Gasteiger partial charge in [-0.05, 0) is 70.4 Å². The summed E-state index contributed by atoms with van der Waals surface area (Å²) in [5.41, 5.74) is 3.09. The third-order valence-electron chi connectivity index (χ3n) is 7.08. The molecule has 0 bridgehead atoms. The Labute approximate surface area is 222 Å². The number of carbonyl (C=O) groups is 1. The molecule has 0 radical (unpaired) electrons. The fourth-order valence-corrected chi connectivity index (χ4v) is 5.24. The van der Waals surface area contributed by atoms with Crippen molar-refractivity contribution < 1.29 is 28.1 Å². The number of imidazole rings is 1. The highest BCUT2D eigenvalue weighted by Crippen LogP contribution is 2.40. The molecular formula is C29H34FN3O5. The third-order valence-corrected chi connectivity index (χ3v) is 7.08. The van der Waals surface area contributed by atoms with E-state index in [-0.39, 0.29) is 17.8 Å². The number of methoxy groups -OCH3 is 2. The Bertz CT molecular complexity index is 1380. The Kier molecular flexibility index (Phi) is 6.81. The average Bonchev–Trinajstić information content (AvgIpc) is 3.27. The average molecular weight is 524 g/mol. The van der Waals surface area contributed by atoms with Gasteiger partial charge in [0.1, 0.15) is 5.82 Å². The van der Waals surface area contributed by atoms with E-state index in [2.05, 4.69) is 0 Å². The molecule has 202 valence electrons. The van der Waals surface area contributed by atoms with Gasteiger partial charge in [0.05, 0.1) is 50.5 Å². The van der Waals surface area contributed by atoms with E-state index in [0.29, 0.717) is 61.2 Å². The van der Waals surface area contributed by atoms with E-state index in [1.54, 1.807) is 19.2 Å². The van der Waals surface area contributed by atoms with Crippen molar-refractivity contribution in [3.05, 3.63) is 53.1 Å². The lowest BCUT2D eigenvalue weighted by Gasteiger charge is -2.41. The number of benzene rings is 2. The molecule has 0 aliphatic carbocycles. The molecule has 1 fully saturated rings. The molecule has 2 aromatic carbocycles. The highest BCUT2D eigenvalue weighted by atomic mass is 19.1. The van der Waals surface area contributed by atoms with Gasteiger partial charge in [0.25, 0.3) is 5.91 Å². The van der Waals surface area contributed by atoms with Crippen LogP contribution in [0.25, 0.3) is 17.1 Å². The van der Waals surface area contributed by atoms with E-state index < -0.39 is 11.4 Å². The van der Waals surface area contributed by atoms with Crippen molar-refractivity contribution in [2.75, 3.05) is 34.0 Å². The highest BCUT2D eigenvalue weighted by molar-refractivity contribution is 5.95. The number of aryl methyl sites for hydroxylation is 1. The van der Waals surface area contributed by atoms with Crippen LogP contribution in [0.2, 0.25) is 0 Å². The van der Waals surface area contributed by atoms with Gasteiger partial charge >= 0.3 is 0 Å². The van der Waals surface area contributed by atoms with Gasteiger partial charge in [-0.25, -0.2) is 9.37 Å². The molecule has 3 heterocycles. The third kappa shape index (κ3) is 4.49. The number of halogens is 1. The van der Waals surface area contributed by atoms with Gasteiger partial charge in [-0.1, -0.05) is 0 Å². The molecule has 0 N–H and O–H groups in total. The number of ether oxygens (including phenoxy) is 4. The number of hydrogen-bond donors (Lipinski definition) is 0. The molecule has 0 spiro atoms. The second-order valence-corrected chi connectivity index (χ2v) is 10.5. The molecule has 1 amide bonds. The largest absolute Gasteiger partial charge is 0.494 e. The summed E-state index contributed by atoms with van der Waals surface area (Å²) in [5.74, 6) is 1.21. The van der Waals surface area contributed by atoms with E-state index in [0.717, 1.165) is 16.9 Å². The molecule has 8 nitrogen and oxygen atoms in total. The topological polar surface area (TPSA) is 75.0 Å². The smallest absolute Gasteiger partial charge is 0.274 e. The molecule has 38 heavy (non-hydrogen) atoms. The first-order chi connectivity index (χ1) is 18.1. The van der Waals surface area contributed by atoms with Crippen molar-refractivity contribution in [1.29, 1.82) is 0 Å². The van der Waals surface area contributed by atoms with Crippen LogP contribution in [0.15, 0.2) is 30.3 Å². The summed E-state index contributed by atoms with van der Waals surface area (Å²) in [6.07, 6.45) is 1.23. The van der Waals surface area contributed by atoms with Crippen molar-refractivity contribution in [3.8, 4) is 34.3 Å². The van der Waals surface area contributed by atoms with Crippen LogP contribution < -0.4 is 14.2 Å². The van der Waals surface area contributed by atoms with E-state index in [4.69, 9.17) is 23.9 Å². The van der Waals surface area contributed by atoms with Crippen LogP contribution in [0.1, 0.15) is 49.4 Å². The van der Waals surface area contributed by atoms with Gasteiger partial charge in [-0.2, -0.15) is 0 Å². The van der Waals surface area contributed by atoms with Crippen LogP contribution in [0.4, 0.5) is 4.39 Å². The maximum absolute atomic E-state index is 14.8. The number of fused-ring (bicyclic) bond motifs is 3. The summed E-state index contributed by atoms with van der Waals surface area (Å²) in [5, 5.41) is 0. The number of carbonyl (C=O) groups excluding carboxylic acids is 1. The van der Waals surface area contributed by atoms with Crippen LogP contribution in [0.3, 0.4) is 0 Å². The van der Waals surface area contributed by atoms with Gasteiger partial charge in [-0.3, -0.25) is 9.36 Å². The van der Waals surface area contributed by atoms with E-state index >= 15 is 0 Å². The molecule has 0 unspecified atom stereocenters. The van der Waals surface area contributed by atoms with E-state index in [9.17, 15) is 9.18 Å². The second-order valence-electron chi connectivity index (χ2n) is 10.5. The minimum atomic E-state index is -0.501. The summed E-state index contributed by atoms with van der Waals surface area (Å²) in [6.45, 7) is 9.28. The van der Waals surface area contributed by atoms with Gasteiger partial charge in [0.2, 0.25) is 0 Å². The molecule has 2 aliphatic heterocycles. The fraction of sp³-hybridized carbons (Fsp3) is 0.448. The minimum absolute atomic E-state index is 0.0661. The fourth-order valence-electron chi connectivity index (χ4n) is 5.24. The predicted octanol–water partition coefficient (Wildman–Crippen LogP) is 4.83. The van der Waals surface area contributed by atoms with Crippen molar-refractivity contribution in [1.82, 2.24) is 14.5 Å². The van der Waals surface area contributed by atoms with Crippen LogP contribution >= 0.6 is 0 Å². The maximum Gasteiger partial charge on any atom is 0.274 e. The predicted molar refractivity (Wildman–Crippen MR) is 141 cm³/mol. The van der Waals surface area contributed by atoms with Gasteiger partial charge < -0.3 is 23.8 Å². The first-order valence-corrected chi connectivity index (χ1v) is 12.9. The van der Waals surface area contributed by atoms with Crippen molar-refractivity contribution in [2.24, 2.45) is 0 Å². The number of rotatable bonds is 6. The Morgan fingerprint density at radius 2 is 1.84 bits per heavy atom. The van der Waals surface area contributed by atoms with Crippen molar-refractivity contribution >= 4 is 5.91 Å². The highest BCUT2D eigenvalue weighted by Gasteiger charge is 2.38. The first-order valence-electron chi connectivity index (χ1n) is 12.9. The summed E-state index contributed by atoms with van der Waals surface area (Å²) in [6, 6.07) is 8.62. The molecule has 0 atom stereocenters. The van der Waals surface area contributed by atoms with Crippen LogP contribution in [0, 0.1) is 5.82 Å². The Morgan fingerprint density at radius 1 is 1.08 bits per heavy atom. The lowest BCUT2D eigenvalue weighted by atomic mass is 9.98. The molecule has 2 aliphatic rings. The summed E-state index contributed by atoms with van der Waals surface area (Å²) < 4.78 is 39.2. The molecule has 1 aromatic heterocycles. The SMILES string of the molecule is COc1ccc(-c2nc(C(=O)N3CCOCC3(C)C)c3n2-c2cc(OC(C)C)c(OC)cc2CC3)cc1F. The zero-order valence-electron chi connectivity index (χ0n) is 22.8. The molecule has 9 heteroatoms.